The third kappa shape index (κ3) is 2.04. The van der Waals surface area contributed by atoms with Crippen LogP contribution in [-0.4, -0.2) is 14.9 Å². The van der Waals surface area contributed by atoms with E-state index in [1.165, 1.54) is 18.4 Å². The number of aliphatic hydroxyl groups excluding tert-OH is 1. The Morgan fingerprint density at radius 2 is 2.50 bits per heavy atom. The van der Waals surface area contributed by atoms with Crippen LogP contribution in [0.15, 0.2) is 24.0 Å². The first-order valence-corrected chi connectivity index (χ1v) is 5.10. The molecule has 0 aliphatic heterocycles. The van der Waals surface area contributed by atoms with Crippen LogP contribution in [0.4, 0.5) is 0 Å². The molecule has 0 saturated carbocycles. The van der Waals surface area contributed by atoms with Gasteiger partial charge in [-0.3, -0.25) is 4.68 Å². The summed E-state index contributed by atoms with van der Waals surface area (Å²) >= 11 is 0. The molecule has 0 radical (unpaired) electrons. The van der Waals surface area contributed by atoms with Crippen LogP contribution in [-0.2, 0) is 7.05 Å². The van der Waals surface area contributed by atoms with Gasteiger partial charge >= 0.3 is 0 Å². The number of hydrogen-bond donors (Lipinski definition) is 1. The molecule has 1 aromatic heterocycles. The van der Waals surface area contributed by atoms with Gasteiger partial charge in [0.25, 0.3) is 0 Å². The molecule has 0 bridgehead atoms. The van der Waals surface area contributed by atoms with Crippen LogP contribution in [0.25, 0.3) is 0 Å². The Morgan fingerprint density at radius 1 is 1.64 bits per heavy atom. The predicted octanol–water partition coefficient (Wildman–Crippen LogP) is 1.95. The number of nitrogens with zero attached hydrogens (tertiary/aromatic N) is 2. The highest BCUT2D eigenvalue weighted by atomic mass is 16.3. The topological polar surface area (TPSA) is 38.0 Å². The van der Waals surface area contributed by atoms with Crippen LogP contribution in [0.3, 0.4) is 0 Å². The van der Waals surface area contributed by atoms with E-state index in [2.05, 4.69) is 11.2 Å². The summed E-state index contributed by atoms with van der Waals surface area (Å²) in [7, 11) is 1.87. The Kier molecular flexibility index (Phi) is 2.68. The lowest BCUT2D eigenvalue weighted by molar-refractivity contribution is 0.177. The average Bonchev–Trinajstić information content (AvgIpc) is 2.75. The van der Waals surface area contributed by atoms with Gasteiger partial charge in [0.1, 0.15) is 0 Å². The number of aryl methyl sites for hydroxylation is 1. The Hall–Kier alpha value is -1.09. The first-order valence-electron chi connectivity index (χ1n) is 5.10. The van der Waals surface area contributed by atoms with Gasteiger partial charge in [-0.1, -0.05) is 11.6 Å². The molecule has 0 spiro atoms. The van der Waals surface area contributed by atoms with E-state index in [1.54, 1.807) is 10.9 Å². The fraction of sp³-hybridized carbons (Fsp3) is 0.545. The van der Waals surface area contributed by atoms with Crippen molar-refractivity contribution in [3.8, 4) is 0 Å². The number of aliphatic hydroxyl groups is 1. The van der Waals surface area contributed by atoms with E-state index in [0.717, 1.165) is 18.4 Å². The number of allylic oxidation sites excluding steroid dienone is 1. The number of rotatable bonds is 3. The summed E-state index contributed by atoms with van der Waals surface area (Å²) in [5, 5.41) is 13.9. The summed E-state index contributed by atoms with van der Waals surface area (Å²) in [6, 6.07) is 0. The van der Waals surface area contributed by atoms with Crippen molar-refractivity contribution in [2.45, 2.75) is 31.8 Å². The zero-order valence-electron chi connectivity index (χ0n) is 8.48. The maximum Gasteiger partial charge on any atom is 0.0857 e. The fourth-order valence-electron chi connectivity index (χ4n) is 1.90. The molecule has 1 atom stereocenters. The van der Waals surface area contributed by atoms with Gasteiger partial charge in [-0.05, 0) is 25.7 Å². The van der Waals surface area contributed by atoms with Crippen LogP contribution in [0, 0.1) is 0 Å². The zero-order chi connectivity index (χ0) is 9.97. The van der Waals surface area contributed by atoms with Crippen LogP contribution in [0.1, 0.15) is 37.4 Å². The molecular formula is C11H16N2O. The van der Waals surface area contributed by atoms with Gasteiger partial charge in [0.2, 0.25) is 0 Å². The molecule has 0 fully saturated rings. The lowest BCUT2D eigenvalue weighted by Gasteiger charge is -2.08. The molecule has 1 heterocycles. The maximum absolute atomic E-state index is 9.90. The Balaban J connectivity index is 1.98. The Bertz CT molecular complexity index is 341. The molecule has 0 saturated heterocycles. The number of aromatic nitrogens is 2. The van der Waals surface area contributed by atoms with Crippen molar-refractivity contribution >= 4 is 0 Å². The van der Waals surface area contributed by atoms with E-state index in [0.29, 0.717) is 0 Å². The fourth-order valence-corrected chi connectivity index (χ4v) is 1.90. The molecule has 1 aliphatic carbocycles. The summed E-state index contributed by atoms with van der Waals surface area (Å²) in [6.07, 6.45) is 9.82. The monoisotopic (exact) mass is 192 g/mol. The van der Waals surface area contributed by atoms with Gasteiger partial charge in [0.15, 0.2) is 0 Å². The second kappa shape index (κ2) is 3.96. The third-order valence-electron chi connectivity index (χ3n) is 2.70. The highest BCUT2D eigenvalue weighted by molar-refractivity contribution is 5.15. The van der Waals surface area contributed by atoms with Crippen molar-refractivity contribution in [2.75, 3.05) is 0 Å². The third-order valence-corrected chi connectivity index (χ3v) is 2.70. The summed E-state index contributed by atoms with van der Waals surface area (Å²) in [5.41, 5.74) is 2.31. The van der Waals surface area contributed by atoms with Crippen molar-refractivity contribution in [3.05, 3.63) is 29.6 Å². The van der Waals surface area contributed by atoms with Crippen molar-refractivity contribution in [2.24, 2.45) is 7.05 Å². The van der Waals surface area contributed by atoms with Gasteiger partial charge in [-0.25, -0.2) is 0 Å². The first-order chi connectivity index (χ1) is 6.75. The maximum atomic E-state index is 9.90. The lowest BCUT2D eigenvalue weighted by Crippen LogP contribution is -1.97. The second-order valence-electron chi connectivity index (χ2n) is 3.92. The van der Waals surface area contributed by atoms with Gasteiger partial charge in [-0.2, -0.15) is 5.10 Å². The molecule has 1 aromatic rings. The molecule has 1 unspecified atom stereocenters. The summed E-state index contributed by atoms with van der Waals surface area (Å²) in [6.45, 7) is 0. The van der Waals surface area contributed by atoms with Crippen molar-refractivity contribution in [1.82, 2.24) is 9.78 Å². The van der Waals surface area contributed by atoms with E-state index < -0.39 is 0 Å². The Labute approximate surface area is 84.1 Å². The lowest BCUT2D eigenvalue weighted by atomic mass is 10.0. The Morgan fingerprint density at radius 3 is 3.07 bits per heavy atom. The highest BCUT2D eigenvalue weighted by Crippen LogP contribution is 2.27. The van der Waals surface area contributed by atoms with Crippen LogP contribution in [0.2, 0.25) is 0 Å². The second-order valence-corrected chi connectivity index (χ2v) is 3.92. The molecule has 76 valence electrons. The summed E-state index contributed by atoms with van der Waals surface area (Å²) in [5.74, 6) is 0. The van der Waals surface area contributed by atoms with Crippen molar-refractivity contribution in [1.29, 1.82) is 0 Å². The largest absolute Gasteiger partial charge is 0.388 e. The normalized spacial score (nSPS) is 18.3. The van der Waals surface area contributed by atoms with E-state index in [4.69, 9.17) is 0 Å². The number of hydrogen-bond acceptors (Lipinski definition) is 2. The average molecular weight is 192 g/mol. The molecule has 0 amide bonds. The molecule has 3 heteroatoms. The molecule has 0 aromatic carbocycles. The molecule has 3 nitrogen and oxygen atoms in total. The van der Waals surface area contributed by atoms with Crippen LogP contribution >= 0.6 is 0 Å². The quantitative estimate of drug-likeness (QED) is 0.743. The summed E-state index contributed by atoms with van der Waals surface area (Å²) < 4.78 is 1.72. The predicted molar refractivity (Wildman–Crippen MR) is 54.7 cm³/mol. The van der Waals surface area contributed by atoms with E-state index in [1.807, 2.05) is 13.2 Å². The molecular weight excluding hydrogens is 176 g/mol. The minimum absolute atomic E-state index is 0.381. The molecule has 14 heavy (non-hydrogen) atoms. The van der Waals surface area contributed by atoms with Crippen molar-refractivity contribution < 1.29 is 5.11 Å². The zero-order valence-corrected chi connectivity index (χ0v) is 8.48. The van der Waals surface area contributed by atoms with E-state index in [9.17, 15) is 5.11 Å². The minimum Gasteiger partial charge on any atom is -0.388 e. The first kappa shape index (κ1) is 9.46. The van der Waals surface area contributed by atoms with E-state index in [-0.39, 0.29) is 6.10 Å². The molecule has 2 rings (SSSR count). The molecule has 1 N–H and O–H groups in total. The van der Waals surface area contributed by atoms with Gasteiger partial charge < -0.3 is 5.11 Å². The standard InChI is InChI=1S/C11H16N2O/c1-13-8-10(7-12-13)11(14)6-9-4-2-3-5-9/h4,7-8,11,14H,2-3,5-6H2,1H3. The smallest absolute Gasteiger partial charge is 0.0857 e. The van der Waals surface area contributed by atoms with Gasteiger partial charge in [-0.15, -0.1) is 0 Å². The van der Waals surface area contributed by atoms with Crippen LogP contribution < -0.4 is 0 Å². The minimum atomic E-state index is -0.381. The molecule has 1 aliphatic rings. The van der Waals surface area contributed by atoms with Crippen LogP contribution in [0.5, 0.6) is 0 Å². The SMILES string of the molecule is Cn1cc(C(O)CC2=CCCC2)cn1. The van der Waals surface area contributed by atoms with Crippen molar-refractivity contribution in [3.63, 3.8) is 0 Å². The highest BCUT2D eigenvalue weighted by Gasteiger charge is 2.13. The van der Waals surface area contributed by atoms with Gasteiger partial charge in [0.05, 0.1) is 12.3 Å². The summed E-state index contributed by atoms with van der Waals surface area (Å²) in [4.78, 5) is 0. The van der Waals surface area contributed by atoms with Gasteiger partial charge in [0, 0.05) is 18.8 Å². The van der Waals surface area contributed by atoms with E-state index >= 15 is 0 Å².